The number of carbonyl (C=O) groups excluding carboxylic acids is 1. The van der Waals surface area contributed by atoms with Gasteiger partial charge in [-0.25, -0.2) is 0 Å². The number of hydrogen-bond acceptors (Lipinski definition) is 6. The summed E-state index contributed by atoms with van der Waals surface area (Å²) in [5, 5.41) is 8.21. The Balaban J connectivity index is 0. The van der Waals surface area contributed by atoms with Gasteiger partial charge in [0.25, 0.3) is 0 Å². The van der Waals surface area contributed by atoms with E-state index in [4.69, 9.17) is 28.4 Å². The number of rotatable bonds is 4. The van der Waals surface area contributed by atoms with Crippen LogP contribution in [-0.2, 0) is 24.7 Å². The van der Waals surface area contributed by atoms with Gasteiger partial charge in [-0.2, -0.15) is 8.42 Å². The van der Waals surface area contributed by atoms with E-state index in [0.29, 0.717) is 0 Å². The van der Waals surface area contributed by atoms with Gasteiger partial charge in [-0.15, -0.1) is 0 Å². The van der Waals surface area contributed by atoms with Crippen LogP contribution in [0.3, 0.4) is 0 Å². The molecule has 0 aromatic heterocycles. The largest absolute Gasteiger partial charge is 0.481 e. The van der Waals surface area contributed by atoms with Gasteiger partial charge in [0.15, 0.2) is 0 Å². The average Bonchev–Trinajstić information content (AvgIpc) is 2.10. The second-order valence-electron chi connectivity index (χ2n) is 2.51. The highest BCUT2D eigenvalue weighted by molar-refractivity contribution is 7.79. The second-order valence-corrected chi connectivity index (χ2v) is 3.41. The number of hydrogen-bond donors (Lipinski definition) is 4. The summed E-state index contributed by atoms with van der Waals surface area (Å²) in [7, 11) is -3.46. The molecular weight excluding hydrogens is 246 g/mol. The maximum Gasteiger partial charge on any atom is 0.394 e. The summed E-state index contributed by atoms with van der Waals surface area (Å²) in [6, 6.07) is -0.823. The Bertz CT molecular complexity index is 315. The zero-order valence-electron chi connectivity index (χ0n) is 8.36. The van der Waals surface area contributed by atoms with Crippen molar-refractivity contribution in [1.29, 1.82) is 0 Å². The molecule has 0 aliphatic heterocycles. The van der Waals surface area contributed by atoms with Crippen molar-refractivity contribution in [2.45, 2.75) is 18.9 Å². The predicted molar refractivity (Wildman–Crippen MR) is 51.0 cm³/mol. The van der Waals surface area contributed by atoms with Crippen molar-refractivity contribution in [2.75, 3.05) is 7.11 Å². The standard InChI is InChI=1S/C6H11NO4.H2O4S/c1-11-6(10)4(7)2-3-5(8)9;1-5(2,3)4/h4H,2-3,7H2,1H3,(H,8,9);(H2,1,2,3,4). The Kier molecular flexibility index (Phi) is 8.57. The molecular formula is C6H13NO8S. The van der Waals surface area contributed by atoms with Gasteiger partial charge in [0.1, 0.15) is 6.04 Å². The lowest BCUT2D eigenvalue weighted by atomic mass is 10.2. The Labute approximate surface area is 91.8 Å². The highest BCUT2D eigenvalue weighted by atomic mass is 32.3. The lowest BCUT2D eigenvalue weighted by Crippen LogP contribution is -2.31. The maximum absolute atomic E-state index is 10.6. The Morgan fingerprint density at radius 2 is 1.75 bits per heavy atom. The highest BCUT2D eigenvalue weighted by Crippen LogP contribution is 1.95. The van der Waals surface area contributed by atoms with Gasteiger partial charge in [0, 0.05) is 6.42 Å². The van der Waals surface area contributed by atoms with Crippen LogP contribution in [0, 0.1) is 0 Å². The van der Waals surface area contributed by atoms with Crippen LogP contribution in [0.1, 0.15) is 12.8 Å². The molecule has 1 unspecified atom stereocenters. The number of ether oxygens (including phenoxy) is 1. The number of carboxylic acids is 1. The van der Waals surface area contributed by atoms with E-state index in [0.717, 1.165) is 0 Å². The van der Waals surface area contributed by atoms with E-state index in [1.165, 1.54) is 7.11 Å². The number of aliphatic carboxylic acids is 1. The molecule has 0 amide bonds. The van der Waals surface area contributed by atoms with Crippen molar-refractivity contribution in [1.82, 2.24) is 0 Å². The van der Waals surface area contributed by atoms with Crippen LogP contribution >= 0.6 is 0 Å². The third-order valence-corrected chi connectivity index (χ3v) is 1.17. The first-order valence-corrected chi connectivity index (χ1v) is 5.22. The van der Waals surface area contributed by atoms with Crippen molar-refractivity contribution < 1.29 is 37.0 Å². The van der Waals surface area contributed by atoms with Crippen molar-refractivity contribution in [2.24, 2.45) is 5.73 Å². The van der Waals surface area contributed by atoms with Crippen LogP contribution < -0.4 is 5.73 Å². The van der Waals surface area contributed by atoms with E-state index in [2.05, 4.69) is 4.74 Å². The molecule has 0 saturated carbocycles. The molecule has 0 saturated heterocycles. The third-order valence-electron chi connectivity index (χ3n) is 1.17. The van der Waals surface area contributed by atoms with Gasteiger partial charge in [-0.3, -0.25) is 18.7 Å². The van der Waals surface area contributed by atoms with Crippen molar-refractivity contribution in [3.63, 3.8) is 0 Å². The smallest absolute Gasteiger partial charge is 0.394 e. The molecule has 16 heavy (non-hydrogen) atoms. The summed E-state index contributed by atoms with van der Waals surface area (Å²) < 4.78 is 35.9. The number of carboxylic acid groups (broad SMARTS) is 1. The van der Waals surface area contributed by atoms with Crippen LogP contribution in [0.4, 0.5) is 0 Å². The van der Waals surface area contributed by atoms with E-state index in [9.17, 15) is 9.59 Å². The minimum Gasteiger partial charge on any atom is -0.481 e. The summed E-state index contributed by atoms with van der Waals surface area (Å²) >= 11 is 0. The fraction of sp³-hybridized carbons (Fsp3) is 0.667. The number of carbonyl (C=O) groups is 2. The van der Waals surface area contributed by atoms with Crippen molar-refractivity contribution in [3.8, 4) is 0 Å². The van der Waals surface area contributed by atoms with E-state index in [1.54, 1.807) is 0 Å². The molecule has 0 aliphatic carbocycles. The summed E-state index contributed by atoms with van der Waals surface area (Å²) in [6.45, 7) is 0. The summed E-state index contributed by atoms with van der Waals surface area (Å²) in [5.41, 5.74) is 5.24. The second kappa shape index (κ2) is 7.98. The number of nitrogens with two attached hydrogens (primary N) is 1. The molecule has 0 rings (SSSR count). The van der Waals surface area contributed by atoms with Crippen molar-refractivity contribution in [3.05, 3.63) is 0 Å². The lowest BCUT2D eigenvalue weighted by molar-refractivity contribution is -0.142. The zero-order chi connectivity index (χ0) is 13.4. The predicted octanol–water partition coefficient (Wildman–Crippen LogP) is -1.30. The minimum atomic E-state index is -4.67. The first-order chi connectivity index (χ1) is 7.07. The third kappa shape index (κ3) is 18.5. The van der Waals surface area contributed by atoms with E-state index >= 15 is 0 Å². The van der Waals surface area contributed by atoms with Gasteiger partial charge < -0.3 is 15.6 Å². The molecule has 96 valence electrons. The zero-order valence-corrected chi connectivity index (χ0v) is 9.18. The molecule has 0 aliphatic rings. The fourth-order valence-electron chi connectivity index (χ4n) is 0.548. The molecule has 0 aromatic rings. The molecule has 0 bridgehead atoms. The van der Waals surface area contributed by atoms with Gasteiger partial charge in [0.05, 0.1) is 7.11 Å². The molecule has 5 N–H and O–H groups in total. The summed E-state index contributed by atoms with van der Waals surface area (Å²) in [5.74, 6) is -1.55. The number of methoxy groups -OCH3 is 1. The van der Waals surface area contributed by atoms with Crippen LogP contribution in [0.5, 0.6) is 0 Å². The van der Waals surface area contributed by atoms with Crippen LogP contribution in [0.25, 0.3) is 0 Å². The monoisotopic (exact) mass is 259 g/mol. The van der Waals surface area contributed by atoms with Crippen LogP contribution in [-0.4, -0.2) is 47.7 Å². The molecule has 0 radical (unpaired) electrons. The molecule has 0 spiro atoms. The van der Waals surface area contributed by atoms with E-state index in [-0.39, 0.29) is 12.8 Å². The van der Waals surface area contributed by atoms with Gasteiger partial charge in [0.2, 0.25) is 0 Å². The normalized spacial score (nSPS) is 12.0. The van der Waals surface area contributed by atoms with Crippen LogP contribution in [0.15, 0.2) is 0 Å². The highest BCUT2D eigenvalue weighted by Gasteiger charge is 2.14. The average molecular weight is 259 g/mol. The van der Waals surface area contributed by atoms with Gasteiger partial charge in [-0.05, 0) is 6.42 Å². The molecule has 1 atom stereocenters. The quantitative estimate of drug-likeness (QED) is 0.354. The summed E-state index contributed by atoms with van der Waals surface area (Å²) in [4.78, 5) is 20.6. The lowest BCUT2D eigenvalue weighted by Gasteiger charge is -2.05. The Morgan fingerprint density at radius 3 is 2.00 bits per heavy atom. The summed E-state index contributed by atoms with van der Waals surface area (Å²) in [6.07, 6.45) is -0.00171. The molecule has 0 aromatic carbocycles. The maximum atomic E-state index is 10.6. The molecule has 0 heterocycles. The number of esters is 1. The first-order valence-electron chi connectivity index (χ1n) is 3.83. The topological polar surface area (TPSA) is 164 Å². The molecule has 0 fully saturated rings. The van der Waals surface area contributed by atoms with E-state index in [1.807, 2.05) is 0 Å². The first kappa shape index (κ1) is 17.2. The van der Waals surface area contributed by atoms with Gasteiger partial charge >= 0.3 is 22.3 Å². The van der Waals surface area contributed by atoms with Gasteiger partial charge in [-0.1, -0.05) is 0 Å². The van der Waals surface area contributed by atoms with Crippen molar-refractivity contribution >= 4 is 22.3 Å². The fourth-order valence-corrected chi connectivity index (χ4v) is 0.548. The Hall–Kier alpha value is -1.23. The minimum absolute atomic E-state index is 0.113. The molecule has 10 heteroatoms. The SMILES string of the molecule is COC(=O)C(N)CCC(=O)O.O=S(=O)(O)O. The van der Waals surface area contributed by atoms with Crippen LogP contribution in [0.2, 0.25) is 0 Å². The molecule has 9 nitrogen and oxygen atoms in total. The Morgan fingerprint density at radius 1 is 1.38 bits per heavy atom. The van der Waals surface area contributed by atoms with E-state index < -0.39 is 28.4 Å².